The van der Waals surface area contributed by atoms with Crippen LogP contribution in [0.4, 0.5) is 4.39 Å². The fraction of sp³-hybridized carbons (Fsp3) is 0.333. The van der Waals surface area contributed by atoms with Gasteiger partial charge < -0.3 is 10.1 Å². The molecule has 0 saturated heterocycles. The summed E-state index contributed by atoms with van der Waals surface area (Å²) in [6.45, 7) is 1.53. The van der Waals surface area contributed by atoms with E-state index in [2.05, 4.69) is 5.32 Å². The molecule has 0 bridgehead atoms. The molecule has 0 spiro atoms. The molecule has 4 nitrogen and oxygen atoms in total. The van der Waals surface area contributed by atoms with Gasteiger partial charge in [0.05, 0.1) is 0 Å². The van der Waals surface area contributed by atoms with E-state index in [4.69, 9.17) is 4.74 Å². The molecule has 0 radical (unpaired) electrons. The van der Waals surface area contributed by atoms with E-state index in [1.165, 1.54) is 31.2 Å². The van der Waals surface area contributed by atoms with Crippen LogP contribution < -0.4 is 5.32 Å². The fourth-order valence-electron chi connectivity index (χ4n) is 1.55. The molecule has 1 aromatic rings. The summed E-state index contributed by atoms with van der Waals surface area (Å²) in [6.07, 6.45) is 3.87. The maximum absolute atomic E-state index is 12.7. The molecule has 0 unspecified atom stereocenters. The summed E-state index contributed by atoms with van der Waals surface area (Å²) in [6, 6.07) is 5.93. The first-order valence-corrected chi connectivity index (χ1v) is 6.49. The number of esters is 1. The molecule has 106 valence electrons. The van der Waals surface area contributed by atoms with Crippen LogP contribution >= 0.6 is 0 Å². The molecule has 1 amide bonds. The molecule has 0 aliphatic heterocycles. The van der Waals surface area contributed by atoms with Gasteiger partial charge in [-0.15, -0.1) is 0 Å². The molecule has 1 aromatic carbocycles. The highest BCUT2D eigenvalue weighted by Gasteiger charge is 2.26. The van der Waals surface area contributed by atoms with E-state index in [0.29, 0.717) is 5.56 Å². The van der Waals surface area contributed by atoms with Gasteiger partial charge in [-0.2, -0.15) is 0 Å². The zero-order valence-electron chi connectivity index (χ0n) is 11.1. The average molecular weight is 277 g/mol. The van der Waals surface area contributed by atoms with E-state index in [1.807, 2.05) is 0 Å². The topological polar surface area (TPSA) is 55.4 Å². The lowest BCUT2D eigenvalue weighted by molar-refractivity contribution is -0.150. The van der Waals surface area contributed by atoms with Crippen LogP contribution in [0.15, 0.2) is 30.3 Å². The number of hydrogen-bond acceptors (Lipinski definition) is 3. The first kappa shape index (κ1) is 14.2. The monoisotopic (exact) mass is 277 g/mol. The summed E-state index contributed by atoms with van der Waals surface area (Å²) in [5.74, 6) is -1.22. The van der Waals surface area contributed by atoms with Crippen molar-refractivity contribution in [1.82, 2.24) is 5.32 Å². The van der Waals surface area contributed by atoms with Crippen LogP contribution in [0, 0.1) is 5.82 Å². The second kappa shape index (κ2) is 6.32. The molecular formula is C15H16FNO3. The number of rotatable bonds is 5. The Labute approximate surface area is 116 Å². The van der Waals surface area contributed by atoms with Crippen molar-refractivity contribution in [3.8, 4) is 0 Å². The Balaban J connectivity index is 1.81. The van der Waals surface area contributed by atoms with Gasteiger partial charge in [-0.3, -0.25) is 4.79 Å². The van der Waals surface area contributed by atoms with Gasteiger partial charge in [0.2, 0.25) is 0 Å². The molecule has 5 heteroatoms. The van der Waals surface area contributed by atoms with Crippen molar-refractivity contribution >= 4 is 18.0 Å². The second-order valence-electron chi connectivity index (χ2n) is 4.75. The maximum atomic E-state index is 12.7. The fourth-order valence-corrected chi connectivity index (χ4v) is 1.55. The van der Waals surface area contributed by atoms with Crippen molar-refractivity contribution < 1.29 is 18.7 Å². The number of hydrogen-bond donors (Lipinski definition) is 1. The molecule has 1 saturated carbocycles. The average Bonchev–Trinajstić information content (AvgIpc) is 3.22. The van der Waals surface area contributed by atoms with Gasteiger partial charge in [-0.1, -0.05) is 12.1 Å². The van der Waals surface area contributed by atoms with Crippen LogP contribution in [0.25, 0.3) is 6.08 Å². The molecule has 0 heterocycles. The molecular weight excluding hydrogens is 261 g/mol. The Morgan fingerprint density at radius 2 is 2.00 bits per heavy atom. The summed E-state index contributed by atoms with van der Waals surface area (Å²) < 4.78 is 17.7. The Bertz CT molecular complexity index is 520. The first-order chi connectivity index (χ1) is 9.54. The lowest BCUT2D eigenvalue weighted by Gasteiger charge is -2.11. The molecule has 1 N–H and O–H groups in total. The molecule has 0 aromatic heterocycles. The highest BCUT2D eigenvalue weighted by Crippen LogP contribution is 2.18. The zero-order valence-corrected chi connectivity index (χ0v) is 11.1. The largest absolute Gasteiger partial charge is 0.449 e. The van der Waals surface area contributed by atoms with Crippen molar-refractivity contribution in [3.05, 3.63) is 41.7 Å². The van der Waals surface area contributed by atoms with Gasteiger partial charge in [0.15, 0.2) is 6.10 Å². The van der Waals surface area contributed by atoms with Crippen molar-refractivity contribution in [1.29, 1.82) is 0 Å². The van der Waals surface area contributed by atoms with E-state index in [1.54, 1.807) is 12.1 Å². The Kier molecular flexibility index (Phi) is 4.50. The van der Waals surface area contributed by atoms with E-state index >= 15 is 0 Å². The molecule has 1 atom stereocenters. The van der Waals surface area contributed by atoms with E-state index in [0.717, 1.165) is 12.8 Å². The minimum absolute atomic E-state index is 0.235. The Morgan fingerprint density at radius 3 is 2.60 bits per heavy atom. The maximum Gasteiger partial charge on any atom is 0.331 e. The summed E-state index contributed by atoms with van der Waals surface area (Å²) in [5.41, 5.74) is 0.679. The Morgan fingerprint density at radius 1 is 1.35 bits per heavy atom. The summed E-state index contributed by atoms with van der Waals surface area (Å²) in [4.78, 5) is 23.1. The smallest absolute Gasteiger partial charge is 0.331 e. The van der Waals surface area contributed by atoms with Gasteiger partial charge in [-0.05, 0) is 43.5 Å². The second-order valence-corrected chi connectivity index (χ2v) is 4.75. The van der Waals surface area contributed by atoms with Gasteiger partial charge >= 0.3 is 5.97 Å². The third-order valence-electron chi connectivity index (χ3n) is 2.87. The highest BCUT2D eigenvalue weighted by atomic mass is 19.1. The van der Waals surface area contributed by atoms with Crippen LogP contribution in [0.3, 0.4) is 0 Å². The highest BCUT2D eigenvalue weighted by molar-refractivity contribution is 5.90. The predicted molar refractivity (Wildman–Crippen MR) is 72.2 cm³/mol. The number of nitrogens with one attached hydrogen (secondary N) is 1. The third kappa shape index (κ3) is 4.50. The van der Waals surface area contributed by atoms with Crippen LogP contribution in [0.1, 0.15) is 25.3 Å². The zero-order chi connectivity index (χ0) is 14.5. The van der Waals surface area contributed by atoms with Crippen molar-refractivity contribution in [2.45, 2.75) is 31.9 Å². The first-order valence-electron chi connectivity index (χ1n) is 6.49. The van der Waals surface area contributed by atoms with Crippen LogP contribution in [0.5, 0.6) is 0 Å². The van der Waals surface area contributed by atoms with Crippen LogP contribution in [-0.4, -0.2) is 24.0 Å². The normalized spacial score (nSPS) is 15.9. The van der Waals surface area contributed by atoms with Crippen molar-refractivity contribution in [2.75, 3.05) is 0 Å². The summed E-state index contributed by atoms with van der Waals surface area (Å²) >= 11 is 0. The predicted octanol–water partition coefficient (Wildman–Crippen LogP) is 2.05. The molecule has 1 aliphatic carbocycles. The van der Waals surface area contributed by atoms with E-state index in [-0.39, 0.29) is 17.8 Å². The molecule has 2 rings (SSSR count). The number of amides is 1. The van der Waals surface area contributed by atoms with Gasteiger partial charge in [0.1, 0.15) is 5.82 Å². The lowest BCUT2D eigenvalue weighted by Crippen LogP contribution is -2.36. The number of halogens is 1. The lowest BCUT2D eigenvalue weighted by atomic mass is 10.2. The number of ether oxygens (including phenoxy) is 1. The van der Waals surface area contributed by atoms with Crippen LogP contribution in [0.2, 0.25) is 0 Å². The minimum atomic E-state index is -0.819. The number of benzene rings is 1. The molecule has 20 heavy (non-hydrogen) atoms. The van der Waals surface area contributed by atoms with Gasteiger partial charge in [-0.25, -0.2) is 9.18 Å². The number of carbonyl (C=O) groups is 2. The van der Waals surface area contributed by atoms with E-state index in [9.17, 15) is 14.0 Å². The number of carbonyl (C=O) groups excluding carboxylic acids is 2. The molecule has 1 fully saturated rings. The van der Waals surface area contributed by atoms with Gasteiger partial charge in [0.25, 0.3) is 5.91 Å². The summed E-state index contributed by atoms with van der Waals surface area (Å²) in [5, 5.41) is 2.76. The third-order valence-corrected chi connectivity index (χ3v) is 2.87. The van der Waals surface area contributed by atoms with Crippen molar-refractivity contribution in [3.63, 3.8) is 0 Å². The van der Waals surface area contributed by atoms with Gasteiger partial charge in [0, 0.05) is 12.1 Å². The quantitative estimate of drug-likeness (QED) is 0.662. The Hall–Kier alpha value is -2.17. The SMILES string of the molecule is C[C@H](OC(=O)/C=C/c1ccc(F)cc1)C(=O)NC1CC1. The van der Waals surface area contributed by atoms with Crippen molar-refractivity contribution in [2.24, 2.45) is 0 Å². The molecule has 1 aliphatic rings. The summed E-state index contributed by atoms with van der Waals surface area (Å²) in [7, 11) is 0. The standard InChI is InChI=1S/C15H16FNO3/c1-10(15(19)17-13-7-8-13)20-14(18)9-4-11-2-5-12(16)6-3-11/h2-6,9-10,13H,7-8H2,1H3,(H,17,19)/b9-4+/t10-/m0/s1. The van der Waals surface area contributed by atoms with E-state index < -0.39 is 12.1 Å². The minimum Gasteiger partial charge on any atom is -0.449 e. The van der Waals surface area contributed by atoms with Crippen LogP contribution in [-0.2, 0) is 14.3 Å².